The summed E-state index contributed by atoms with van der Waals surface area (Å²) < 4.78 is 17.8. The van der Waals surface area contributed by atoms with Crippen LogP contribution < -0.4 is 0 Å². The molecule has 84 valence electrons. The summed E-state index contributed by atoms with van der Waals surface area (Å²) in [5.41, 5.74) is -0.909. The zero-order valence-corrected chi connectivity index (χ0v) is 8.74. The molecule has 1 aliphatic rings. The van der Waals surface area contributed by atoms with Crippen LogP contribution in [0, 0.1) is 0 Å². The van der Waals surface area contributed by atoms with E-state index < -0.39 is 29.5 Å². The molecule has 0 aromatic heterocycles. The molecule has 1 saturated heterocycles. The molecule has 2 amide bonds. The Bertz CT molecular complexity index is 326. The predicted molar refractivity (Wildman–Crippen MR) is 47.9 cm³/mol. The van der Waals surface area contributed by atoms with Gasteiger partial charge in [0.15, 0.2) is 5.78 Å². The summed E-state index contributed by atoms with van der Waals surface area (Å²) in [4.78, 5) is 33.9. The lowest BCUT2D eigenvalue weighted by molar-refractivity contribution is -0.141. The van der Waals surface area contributed by atoms with Gasteiger partial charge in [-0.05, 0) is 20.8 Å². The molecule has 1 atom stereocenters. The molecule has 5 nitrogen and oxygen atoms in total. The summed E-state index contributed by atoms with van der Waals surface area (Å²) in [5.74, 6) is -2.08. The number of cyclic esters (lactones) is 1. The van der Waals surface area contributed by atoms with Crippen molar-refractivity contribution in [1.29, 1.82) is 0 Å². The van der Waals surface area contributed by atoms with Crippen LogP contribution in [0.5, 0.6) is 0 Å². The third-order valence-corrected chi connectivity index (χ3v) is 2.13. The predicted octanol–water partition coefficient (Wildman–Crippen LogP) is 0.671. The molecule has 1 rings (SSSR count). The van der Waals surface area contributed by atoms with Crippen LogP contribution in [0.3, 0.4) is 0 Å². The Hall–Kier alpha value is -1.46. The van der Waals surface area contributed by atoms with Crippen LogP contribution in [0.2, 0.25) is 0 Å². The van der Waals surface area contributed by atoms with Gasteiger partial charge in [0.1, 0.15) is 6.61 Å². The number of ketones is 1. The summed E-state index contributed by atoms with van der Waals surface area (Å²) in [7, 11) is 0. The highest BCUT2D eigenvalue weighted by Gasteiger charge is 2.47. The third-order valence-electron chi connectivity index (χ3n) is 2.13. The van der Waals surface area contributed by atoms with Crippen molar-refractivity contribution in [1.82, 2.24) is 4.90 Å². The van der Waals surface area contributed by atoms with Crippen molar-refractivity contribution in [2.75, 3.05) is 6.61 Å². The Morgan fingerprint density at radius 1 is 1.53 bits per heavy atom. The molecule has 0 radical (unpaired) electrons. The van der Waals surface area contributed by atoms with Crippen molar-refractivity contribution in [3.8, 4) is 0 Å². The number of carbonyl (C=O) groups excluding carboxylic acids is 3. The molecule has 0 aromatic rings. The molecule has 1 unspecified atom stereocenters. The molecular formula is C9H12FNO4. The molecule has 0 spiro atoms. The highest BCUT2D eigenvalue weighted by molar-refractivity contribution is 6.08. The van der Waals surface area contributed by atoms with E-state index >= 15 is 0 Å². The highest BCUT2D eigenvalue weighted by atomic mass is 19.1. The van der Waals surface area contributed by atoms with E-state index in [1.165, 1.54) is 0 Å². The number of alkyl halides is 1. The van der Waals surface area contributed by atoms with Gasteiger partial charge in [0, 0.05) is 0 Å². The number of rotatable bonds is 2. The maximum atomic E-state index is 13.1. The second-order valence-corrected chi connectivity index (χ2v) is 4.01. The quantitative estimate of drug-likeness (QED) is 0.638. The van der Waals surface area contributed by atoms with Gasteiger partial charge in [-0.25, -0.2) is 14.1 Å². The summed E-state index contributed by atoms with van der Waals surface area (Å²) in [6.45, 7) is 4.07. The highest BCUT2D eigenvalue weighted by Crippen LogP contribution is 2.24. The number of nitrogens with zero attached hydrogens (tertiary/aromatic N) is 1. The van der Waals surface area contributed by atoms with E-state index in [1.54, 1.807) is 13.8 Å². The number of Topliss-reactive ketones (excluding diaryl/α,β-unsaturated/α-hetero) is 1. The van der Waals surface area contributed by atoms with Crippen molar-refractivity contribution in [3.63, 3.8) is 0 Å². The lowest BCUT2D eigenvalue weighted by atomic mass is 10.1. The van der Waals surface area contributed by atoms with Gasteiger partial charge < -0.3 is 4.74 Å². The van der Waals surface area contributed by atoms with Crippen LogP contribution in [-0.2, 0) is 14.3 Å². The normalized spacial score (nSPS) is 21.1. The van der Waals surface area contributed by atoms with Crippen molar-refractivity contribution in [2.45, 2.75) is 32.5 Å². The zero-order valence-electron chi connectivity index (χ0n) is 8.74. The monoisotopic (exact) mass is 217 g/mol. The molecule has 0 bridgehead atoms. The van der Waals surface area contributed by atoms with E-state index in [4.69, 9.17) is 0 Å². The lowest BCUT2D eigenvalue weighted by Gasteiger charge is -2.26. The van der Waals surface area contributed by atoms with Gasteiger partial charge in [-0.15, -0.1) is 0 Å². The van der Waals surface area contributed by atoms with Crippen molar-refractivity contribution >= 4 is 17.8 Å². The van der Waals surface area contributed by atoms with E-state index in [1.807, 2.05) is 0 Å². The molecule has 15 heavy (non-hydrogen) atoms. The Labute approximate surface area is 86.2 Å². The lowest BCUT2D eigenvalue weighted by Crippen LogP contribution is -2.50. The summed E-state index contributed by atoms with van der Waals surface area (Å²) >= 11 is 0. The fourth-order valence-electron chi connectivity index (χ4n) is 1.29. The molecule has 0 N–H and O–H groups in total. The molecule has 1 aliphatic heterocycles. The van der Waals surface area contributed by atoms with Gasteiger partial charge in [-0.2, -0.15) is 0 Å². The number of halogens is 1. The second kappa shape index (κ2) is 3.60. The Morgan fingerprint density at radius 2 is 2.07 bits per heavy atom. The first-order valence-electron chi connectivity index (χ1n) is 4.43. The van der Waals surface area contributed by atoms with Crippen LogP contribution in [0.1, 0.15) is 20.8 Å². The maximum Gasteiger partial charge on any atom is 0.417 e. The fraction of sp³-hybridized carbons (Fsp3) is 0.667. The molecule has 1 heterocycles. The first kappa shape index (κ1) is 11.6. The molecular weight excluding hydrogens is 205 g/mol. The van der Waals surface area contributed by atoms with Gasteiger partial charge in [0.25, 0.3) is 5.91 Å². The molecule has 0 saturated carbocycles. The average molecular weight is 217 g/mol. The van der Waals surface area contributed by atoms with Crippen LogP contribution in [0.4, 0.5) is 9.18 Å². The topological polar surface area (TPSA) is 63.7 Å². The van der Waals surface area contributed by atoms with Crippen molar-refractivity contribution in [3.05, 3.63) is 0 Å². The first-order chi connectivity index (χ1) is 6.77. The van der Waals surface area contributed by atoms with E-state index in [0.717, 1.165) is 6.92 Å². The number of carbonyl (C=O) groups is 3. The summed E-state index contributed by atoms with van der Waals surface area (Å²) in [6.07, 6.45) is -3.20. The van der Waals surface area contributed by atoms with Crippen molar-refractivity contribution < 1.29 is 23.5 Å². The van der Waals surface area contributed by atoms with Gasteiger partial charge in [0.2, 0.25) is 6.17 Å². The minimum Gasteiger partial charge on any atom is -0.447 e. The van der Waals surface area contributed by atoms with Gasteiger partial charge in [-0.1, -0.05) is 0 Å². The second-order valence-electron chi connectivity index (χ2n) is 4.01. The first-order valence-corrected chi connectivity index (χ1v) is 4.43. The molecule has 6 heteroatoms. The number of amides is 2. The number of ether oxygens (including phenoxy) is 1. The molecule has 1 fully saturated rings. The fourth-order valence-corrected chi connectivity index (χ4v) is 1.29. The number of hydrogen-bond donors (Lipinski definition) is 0. The minimum atomic E-state index is -2.30. The van der Waals surface area contributed by atoms with Gasteiger partial charge in [0.05, 0.1) is 5.54 Å². The maximum absolute atomic E-state index is 13.1. The minimum absolute atomic E-state index is 0.00218. The van der Waals surface area contributed by atoms with Gasteiger partial charge >= 0.3 is 6.09 Å². The van der Waals surface area contributed by atoms with E-state index in [2.05, 4.69) is 4.74 Å². The third kappa shape index (κ3) is 1.98. The Balaban J connectivity index is 2.92. The summed E-state index contributed by atoms with van der Waals surface area (Å²) in [6, 6.07) is 0. The van der Waals surface area contributed by atoms with E-state index in [9.17, 15) is 18.8 Å². The average Bonchev–Trinajstić information content (AvgIpc) is 2.38. The standard InChI is InChI=1S/C9H12FNO4/c1-5(12)6(10)7(13)11-8(14)15-4-9(11,2)3/h6H,4H2,1-3H3. The SMILES string of the molecule is CC(=O)C(F)C(=O)N1C(=O)OCC1(C)C. The van der Waals surface area contributed by atoms with Crippen molar-refractivity contribution in [2.24, 2.45) is 0 Å². The van der Waals surface area contributed by atoms with Crippen LogP contribution in [0.25, 0.3) is 0 Å². The zero-order chi connectivity index (χ0) is 11.8. The van der Waals surface area contributed by atoms with E-state index in [0.29, 0.717) is 4.90 Å². The van der Waals surface area contributed by atoms with Gasteiger partial charge in [-0.3, -0.25) is 9.59 Å². The summed E-state index contributed by atoms with van der Waals surface area (Å²) in [5, 5.41) is 0. The van der Waals surface area contributed by atoms with Crippen LogP contribution >= 0.6 is 0 Å². The number of imide groups is 1. The smallest absolute Gasteiger partial charge is 0.417 e. The molecule has 0 aromatic carbocycles. The Kier molecular flexibility index (Phi) is 2.79. The Morgan fingerprint density at radius 3 is 2.40 bits per heavy atom. The number of hydrogen-bond acceptors (Lipinski definition) is 4. The largest absolute Gasteiger partial charge is 0.447 e. The van der Waals surface area contributed by atoms with E-state index in [-0.39, 0.29) is 6.61 Å². The van der Waals surface area contributed by atoms with Crippen LogP contribution in [0.15, 0.2) is 0 Å². The van der Waals surface area contributed by atoms with Crippen LogP contribution in [-0.4, -0.2) is 41.0 Å². The molecule has 0 aliphatic carbocycles.